The minimum atomic E-state index is 0.320. The summed E-state index contributed by atoms with van der Waals surface area (Å²) in [4.78, 5) is 11.6. The first-order valence-electron chi connectivity index (χ1n) is 9.69. The Labute approximate surface area is 170 Å². The number of morpholine rings is 1. The van der Waals surface area contributed by atoms with Gasteiger partial charge in [0.2, 0.25) is 0 Å². The molecular formula is C20H30N4OS2. The minimum Gasteiger partial charge on any atom is -0.379 e. The second-order valence-corrected chi connectivity index (χ2v) is 8.94. The van der Waals surface area contributed by atoms with Gasteiger partial charge in [0, 0.05) is 40.8 Å². The SMILES string of the molecule is CCNC(=NCC(c1ccc(C)s1)N1CCOCC1)NCCc1cccs1. The fourth-order valence-electron chi connectivity index (χ4n) is 3.19. The third kappa shape index (κ3) is 6.31. The number of ether oxygens (including phenoxy) is 1. The van der Waals surface area contributed by atoms with Crippen molar-refractivity contribution in [3.63, 3.8) is 0 Å². The molecule has 0 spiro atoms. The molecule has 1 saturated heterocycles. The maximum Gasteiger partial charge on any atom is 0.191 e. The Kier molecular flexibility index (Phi) is 8.13. The number of aliphatic imine (C=N–C) groups is 1. The molecule has 0 amide bonds. The number of guanidine groups is 1. The van der Waals surface area contributed by atoms with Crippen LogP contribution >= 0.6 is 22.7 Å². The molecule has 0 aliphatic carbocycles. The van der Waals surface area contributed by atoms with E-state index in [2.05, 4.69) is 59.0 Å². The lowest BCUT2D eigenvalue weighted by Crippen LogP contribution is -2.42. The molecule has 1 unspecified atom stereocenters. The topological polar surface area (TPSA) is 48.9 Å². The van der Waals surface area contributed by atoms with Crippen LogP contribution in [0.5, 0.6) is 0 Å². The zero-order valence-electron chi connectivity index (χ0n) is 16.2. The average molecular weight is 407 g/mol. The summed E-state index contributed by atoms with van der Waals surface area (Å²) in [5, 5.41) is 8.99. The summed E-state index contributed by atoms with van der Waals surface area (Å²) in [7, 11) is 0. The summed E-state index contributed by atoms with van der Waals surface area (Å²) in [6.07, 6.45) is 1.03. The molecule has 1 fully saturated rings. The van der Waals surface area contributed by atoms with Crippen molar-refractivity contribution in [3.8, 4) is 0 Å². The Hall–Kier alpha value is -1.41. The van der Waals surface area contributed by atoms with Crippen LogP contribution in [0, 0.1) is 6.92 Å². The number of aryl methyl sites for hydroxylation is 1. The normalized spacial score (nSPS) is 17.0. The molecule has 27 heavy (non-hydrogen) atoms. The van der Waals surface area contributed by atoms with E-state index in [9.17, 15) is 0 Å². The summed E-state index contributed by atoms with van der Waals surface area (Å²) >= 11 is 3.69. The quantitative estimate of drug-likeness (QED) is 0.522. The third-order valence-corrected chi connectivity index (χ3v) is 6.62. The minimum absolute atomic E-state index is 0.320. The molecule has 1 atom stereocenters. The van der Waals surface area contributed by atoms with Gasteiger partial charge in [-0.1, -0.05) is 6.07 Å². The van der Waals surface area contributed by atoms with Crippen LogP contribution in [0.4, 0.5) is 0 Å². The van der Waals surface area contributed by atoms with Gasteiger partial charge in [0.25, 0.3) is 0 Å². The van der Waals surface area contributed by atoms with E-state index < -0.39 is 0 Å². The van der Waals surface area contributed by atoms with Crippen LogP contribution in [-0.4, -0.2) is 56.8 Å². The van der Waals surface area contributed by atoms with Gasteiger partial charge in [-0.15, -0.1) is 22.7 Å². The summed E-state index contributed by atoms with van der Waals surface area (Å²) in [6.45, 7) is 10.4. The second kappa shape index (κ2) is 10.8. The van der Waals surface area contributed by atoms with E-state index in [1.54, 1.807) is 0 Å². The fraction of sp³-hybridized carbons (Fsp3) is 0.550. The van der Waals surface area contributed by atoms with Crippen LogP contribution < -0.4 is 10.6 Å². The number of hydrogen-bond acceptors (Lipinski definition) is 5. The molecule has 0 aromatic carbocycles. The number of hydrogen-bond donors (Lipinski definition) is 2. The predicted molar refractivity (Wildman–Crippen MR) is 116 cm³/mol. The van der Waals surface area contributed by atoms with Gasteiger partial charge in [-0.2, -0.15) is 0 Å². The highest BCUT2D eigenvalue weighted by atomic mass is 32.1. The molecule has 5 nitrogen and oxygen atoms in total. The molecule has 148 valence electrons. The molecule has 7 heteroatoms. The van der Waals surface area contributed by atoms with E-state index in [0.29, 0.717) is 6.04 Å². The van der Waals surface area contributed by atoms with Crippen LogP contribution in [-0.2, 0) is 11.2 Å². The number of nitrogens with zero attached hydrogens (tertiary/aromatic N) is 2. The summed E-state index contributed by atoms with van der Waals surface area (Å²) in [6, 6.07) is 9.08. The monoisotopic (exact) mass is 406 g/mol. The van der Waals surface area contributed by atoms with Crippen molar-refractivity contribution in [2.75, 3.05) is 45.9 Å². The van der Waals surface area contributed by atoms with Gasteiger partial charge in [-0.25, -0.2) is 0 Å². The lowest BCUT2D eigenvalue weighted by molar-refractivity contribution is 0.0186. The molecule has 0 bridgehead atoms. The molecule has 0 radical (unpaired) electrons. The largest absolute Gasteiger partial charge is 0.379 e. The Morgan fingerprint density at radius 1 is 1.26 bits per heavy atom. The number of nitrogens with one attached hydrogen (secondary N) is 2. The van der Waals surface area contributed by atoms with Gasteiger partial charge in [0.05, 0.1) is 25.8 Å². The van der Waals surface area contributed by atoms with E-state index in [0.717, 1.165) is 58.3 Å². The first kappa shape index (κ1) is 20.3. The molecule has 1 aliphatic heterocycles. The molecular weight excluding hydrogens is 376 g/mol. The van der Waals surface area contributed by atoms with Gasteiger partial charge < -0.3 is 15.4 Å². The predicted octanol–water partition coefficient (Wildman–Crippen LogP) is 3.29. The van der Waals surface area contributed by atoms with Crippen molar-refractivity contribution in [2.24, 2.45) is 4.99 Å². The van der Waals surface area contributed by atoms with E-state index in [-0.39, 0.29) is 0 Å². The summed E-state index contributed by atoms with van der Waals surface area (Å²) in [5.41, 5.74) is 0. The fourth-order valence-corrected chi connectivity index (χ4v) is 4.90. The number of rotatable bonds is 8. The Bertz CT molecular complexity index is 693. The van der Waals surface area contributed by atoms with E-state index in [1.165, 1.54) is 14.6 Å². The molecule has 0 saturated carbocycles. The molecule has 3 heterocycles. The van der Waals surface area contributed by atoms with Crippen LogP contribution in [0.25, 0.3) is 0 Å². The third-order valence-electron chi connectivity index (χ3n) is 4.59. The lowest BCUT2D eigenvalue weighted by Gasteiger charge is -2.33. The molecule has 2 N–H and O–H groups in total. The van der Waals surface area contributed by atoms with Crippen LogP contribution in [0.1, 0.15) is 27.6 Å². The van der Waals surface area contributed by atoms with Crippen molar-refractivity contribution < 1.29 is 4.74 Å². The van der Waals surface area contributed by atoms with Crippen LogP contribution in [0.3, 0.4) is 0 Å². The van der Waals surface area contributed by atoms with Crippen molar-refractivity contribution in [3.05, 3.63) is 44.3 Å². The zero-order chi connectivity index (χ0) is 18.9. The lowest BCUT2D eigenvalue weighted by atomic mass is 10.2. The average Bonchev–Trinajstić information content (AvgIpc) is 3.35. The number of thiophene rings is 2. The maximum absolute atomic E-state index is 5.55. The van der Waals surface area contributed by atoms with Crippen molar-refractivity contribution in [1.29, 1.82) is 0 Å². The van der Waals surface area contributed by atoms with Crippen LogP contribution in [0.15, 0.2) is 34.6 Å². The molecule has 1 aliphatic rings. The van der Waals surface area contributed by atoms with Gasteiger partial charge in [-0.3, -0.25) is 9.89 Å². The van der Waals surface area contributed by atoms with Gasteiger partial charge in [0.15, 0.2) is 5.96 Å². The maximum atomic E-state index is 5.55. The van der Waals surface area contributed by atoms with E-state index in [4.69, 9.17) is 9.73 Å². The standard InChI is InChI=1S/C20H30N4OS2/c1-3-21-20(22-9-8-17-5-4-14-26-17)23-15-18(19-7-6-16(2)27-19)24-10-12-25-13-11-24/h4-7,14,18H,3,8-13,15H2,1-2H3,(H2,21,22,23). The highest BCUT2D eigenvalue weighted by Gasteiger charge is 2.23. The Balaban J connectivity index is 1.63. The van der Waals surface area contributed by atoms with Crippen molar-refractivity contribution >= 4 is 28.6 Å². The molecule has 2 aromatic rings. The van der Waals surface area contributed by atoms with Gasteiger partial charge >= 0.3 is 0 Å². The first-order valence-corrected chi connectivity index (χ1v) is 11.4. The van der Waals surface area contributed by atoms with Crippen molar-refractivity contribution in [1.82, 2.24) is 15.5 Å². The van der Waals surface area contributed by atoms with E-state index >= 15 is 0 Å². The molecule has 2 aromatic heterocycles. The zero-order valence-corrected chi connectivity index (χ0v) is 17.9. The molecule has 3 rings (SSSR count). The van der Waals surface area contributed by atoms with E-state index in [1.807, 2.05) is 22.7 Å². The Morgan fingerprint density at radius 2 is 2.11 bits per heavy atom. The Morgan fingerprint density at radius 3 is 2.78 bits per heavy atom. The van der Waals surface area contributed by atoms with Gasteiger partial charge in [0.1, 0.15) is 0 Å². The van der Waals surface area contributed by atoms with Gasteiger partial charge in [-0.05, 0) is 43.8 Å². The highest BCUT2D eigenvalue weighted by molar-refractivity contribution is 7.12. The second-order valence-electron chi connectivity index (χ2n) is 6.59. The van der Waals surface area contributed by atoms with Crippen molar-refractivity contribution in [2.45, 2.75) is 26.3 Å². The summed E-state index contributed by atoms with van der Waals surface area (Å²) in [5.74, 6) is 0.903. The first-order chi connectivity index (χ1) is 13.3. The van der Waals surface area contributed by atoms with Crippen LogP contribution in [0.2, 0.25) is 0 Å². The highest BCUT2D eigenvalue weighted by Crippen LogP contribution is 2.28. The summed E-state index contributed by atoms with van der Waals surface area (Å²) < 4.78 is 5.55. The smallest absolute Gasteiger partial charge is 0.191 e.